The van der Waals surface area contributed by atoms with Crippen molar-refractivity contribution >= 4 is 27.6 Å². The largest absolute Gasteiger partial charge is 0.334 e. The maximum Gasteiger partial charge on any atom is 0.319 e. The van der Waals surface area contributed by atoms with Crippen molar-refractivity contribution in [2.75, 3.05) is 5.32 Å². The molecule has 0 saturated heterocycles. The number of amides is 2. The molecule has 4 heteroatoms. The summed E-state index contributed by atoms with van der Waals surface area (Å²) in [6.07, 6.45) is 0. The highest BCUT2D eigenvalue weighted by atomic mass is 79.9. The number of urea groups is 1. The second kappa shape index (κ2) is 6.38. The fourth-order valence-corrected chi connectivity index (χ4v) is 2.15. The van der Waals surface area contributed by atoms with Gasteiger partial charge in [0.15, 0.2) is 0 Å². The van der Waals surface area contributed by atoms with Crippen molar-refractivity contribution in [3.63, 3.8) is 0 Å². The highest BCUT2D eigenvalue weighted by molar-refractivity contribution is 9.10. The smallest absolute Gasteiger partial charge is 0.319 e. The van der Waals surface area contributed by atoms with E-state index in [4.69, 9.17) is 0 Å². The van der Waals surface area contributed by atoms with Gasteiger partial charge in [-0.05, 0) is 30.7 Å². The molecule has 0 saturated carbocycles. The summed E-state index contributed by atoms with van der Waals surface area (Å²) in [5.74, 6) is 0. The number of rotatable bonds is 3. The molecule has 0 aliphatic rings. The van der Waals surface area contributed by atoms with Crippen molar-refractivity contribution < 1.29 is 4.79 Å². The zero-order chi connectivity index (χ0) is 13.7. The van der Waals surface area contributed by atoms with Crippen LogP contribution >= 0.6 is 15.9 Å². The lowest BCUT2D eigenvalue weighted by Gasteiger charge is -2.08. The molecule has 0 aliphatic heterocycles. The van der Waals surface area contributed by atoms with Gasteiger partial charge in [-0.3, -0.25) is 0 Å². The van der Waals surface area contributed by atoms with Crippen LogP contribution in [0, 0.1) is 6.92 Å². The van der Waals surface area contributed by atoms with E-state index in [0.717, 1.165) is 15.7 Å². The molecule has 0 atom stereocenters. The fraction of sp³-hybridized carbons (Fsp3) is 0.133. The summed E-state index contributed by atoms with van der Waals surface area (Å²) in [5, 5.41) is 5.62. The summed E-state index contributed by atoms with van der Waals surface area (Å²) >= 11 is 3.36. The Morgan fingerprint density at radius 2 is 1.95 bits per heavy atom. The Morgan fingerprint density at radius 3 is 2.68 bits per heavy atom. The summed E-state index contributed by atoms with van der Waals surface area (Å²) in [6, 6.07) is 15.3. The standard InChI is InChI=1S/C15H15BrN2O/c1-11-4-2-5-12(8-11)10-17-15(19)18-14-7-3-6-13(16)9-14/h2-9H,10H2,1H3,(H2,17,18,19). The van der Waals surface area contributed by atoms with Gasteiger partial charge in [0.1, 0.15) is 0 Å². The lowest BCUT2D eigenvalue weighted by molar-refractivity contribution is 0.251. The van der Waals surface area contributed by atoms with Crippen LogP contribution in [0.1, 0.15) is 11.1 Å². The van der Waals surface area contributed by atoms with Gasteiger partial charge in [0.05, 0.1) is 0 Å². The Bertz CT molecular complexity index is 584. The zero-order valence-corrected chi connectivity index (χ0v) is 12.2. The SMILES string of the molecule is Cc1cccc(CNC(=O)Nc2cccc(Br)c2)c1. The molecule has 19 heavy (non-hydrogen) atoms. The molecule has 2 aromatic carbocycles. The first-order valence-corrected chi connectivity index (χ1v) is 6.79. The van der Waals surface area contributed by atoms with Crippen LogP contribution in [0.25, 0.3) is 0 Å². The molecule has 98 valence electrons. The third kappa shape index (κ3) is 4.41. The number of carbonyl (C=O) groups excluding carboxylic acids is 1. The van der Waals surface area contributed by atoms with Crippen LogP contribution < -0.4 is 10.6 Å². The van der Waals surface area contributed by atoms with Crippen LogP contribution in [-0.4, -0.2) is 6.03 Å². The Hall–Kier alpha value is -1.81. The monoisotopic (exact) mass is 318 g/mol. The number of hydrogen-bond acceptors (Lipinski definition) is 1. The number of anilines is 1. The third-order valence-corrected chi connectivity index (χ3v) is 3.11. The van der Waals surface area contributed by atoms with Crippen LogP contribution in [0.2, 0.25) is 0 Å². The minimum atomic E-state index is -0.209. The van der Waals surface area contributed by atoms with Gasteiger partial charge in [0, 0.05) is 16.7 Å². The van der Waals surface area contributed by atoms with E-state index in [1.165, 1.54) is 5.56 Å². The minimum absolute atomic E-state index is 0.209. The lowest BCUT2D eigenvalue weighted by Crippen LogP contribution is -2.28. The Labute approximate surface area is 121 Å². The predicted molar refractivity (Wildman–Crippen MR) is 81.2 cm³/mol. The van der Waals surface area contributed by atoms with Gasteiger partial charge in [-0.25, -0.2) is 4.79 Å². The van der Waals surface area contributed by atoms with Crippen LogP contribution in [0.5, 0.6) is 0 Å². The lowest BCUT2D eigenvalue weighted by atomic mass is 10.1. The molecular formula is C15H15BrN2O. The number of halogens is 1. The van der Waals surface area contributed by atoms with Crippen molar-refractivity contribution in [2.45, 2.75) is 13.5 Å². The first-order chi connectivity index (χ1) is 9.13. The van der Waals surface area contributed by atoms with Gasteiger partial charge >= 0.3 is 6.03 Å². The molecule has 0 spiro atoms. The summed E-state index contributed by atoms with van der Waals surface area (Å²) < 4.78 is 0.934. The Kier molecular flexibility index (Phi) is 4.58. The average Bonchev–Trinajstić information content (AvgIpc) is 2.36. The first kappa shape index (κ1) is 13.6. The van der Waals surface area contributed by atoms with Crippen LogP contribution in [0.3, 0.4) is 0 Å². The molecule has 2 aromatic rings. The van der Waals surface area contributed by atoms with E-state index in [2.05, 4.69) is 32.6 Å². The fourth-order valence-electron chi connectivity index (χ4n) is 1.75. The summed E-state index contributed by atoms with van der Waals surface area (Å²) in [4.78, 5) is 11.7. The molecule has 0 aliphatic carbocycles. The topological polar surface area (TPSA) is 41.1 Å². The van der Waals surface area contributed by atoms with Crippen molar-refractivity contribution in [1.82, 2.24) is 5.32 Å². The summed E-state index contributed by atoms with van der Waals surface area (Å²) in [5.41, 5.74) is 3.03. The van der Waals surface area contributed by atoms with E-state index in [9.17, 15) is 4.79 Å². The second-order valence-electron chi connectivity index (χ2n) is 4.31. The summed E-state index contributed by atoms with van der Waals surface area (Å²) in [6.45, 7) is 2.55. The van der Waals surface area contributed by atoms with E-state index < -0.39 is 0 Å². The van der Waals surface area contributed by atoms with Crippen LogP contribution in [0.15, 0.2) is 53.0 Å². The van der Waals surface area contributed by atoms with Gasteiger partial charge in [-0.1, -0.05) is 51.8 Å². The maximum atomic E-state index is 11.7. The Morgan fingerprint density at radius 1 is 1.16 bits per heavy atom. The molecule has 2 amide bonds. The highest BCUT2D eigenvalue weighted by Crippen LogP contribution is 2.15. The highest BCUT2D eigenvalue weighted by Gasteiger charge is 2.02. The number of hydrogen-bond donors (Lipinski definition) is 2. The zero-order valence-electron chi connectivity index (χ0n) is 10.6. The van der Waals surface area contributed by atoms with Crippen molar-refractivity contribution in [3.8, 4) is 0 Å². The van der Waals surface area contributed by atoms with E-state index in [0.29, 0.717) is 6.54 Å². The minimum Gasteiger partial charge on any atom is -0.334 e. The number of aryl methyl sites for hydroxylation is 1. The molecular weight excluding hydrogens is 304 g/mol. The quantitative estimate of drug-likeness (QED) is 0.879. The summed E-state index contributed by atoms with van der Waals surface area (Å²) in [7, 11) is 0. The number of benzene rings is 2. The van der Waals surface area contributed by atoms with E-state index in [-0.39, 0.29) is 6.03 Å². The molecule has 0 unspecified atom stereocenters. The van der Waals surface area contributed by atoms with E-state index in [1.54, 1.807) is 0 Å². The normalized spacial score (nSPS) is 10.0. The molecule has 0 radical (unpaired) electrons. The van der Waals surface area contributed by atoms with Gasteiger partial charge in [0.2, 0.25) is 0 Å². The van der Waals surface area contributed by atoms with Crippen molar-refractivity contribution in [2.24, 2.45) is 0 Å². The number of nitrogens with one attached hydrogen (secondary N) is 2. The predicted octanol–water partition coefficient (Wildman–Crippen LogP) is 4.08. The molecule has 0 aromatic heterocycles. The molecule has 0 bridgehead atoms. The van der Waals surface area contributed by atoms with Crippen LogP contribution in [-0.2, 0) is 6.54 Å². The Balaban J connectivity index is 1.88. The van der Waals surface area contributed by atoms with E-state index in [1.807, 2.05) is 49.4 Å². The molecule has 2 N–H and O–H groups in total. The van der Waals surface area contributed by atoms with Gasteiger partial charge in [-0.15, -0.1) is 0 Å². The molecule has 0 heterocycles. The third-order valence-electron chi connectivity index (χ3n) is 2.62. The maximum absolute atomic E-state index is 11.7. The van der Waals surface area contributed by atoms with E-state index >= 15 is 0 Å². The van der Waals surface area contributed by atoms with Crippen molar-refractivity contribution in [3.05, 3.63) is 64.1 Å². The number of carbonyl (C=O) groups is 1. The van der Waals surface area contributed by atoms with Gasteiger partial charge < -0.3 is 10.6 Å². The van der Waals surface area contributed by atoms with Gasteiger partial charge in [-0.2, -0.15) is 0 Å². The second-order valence-corrected chi connectivity index (χ2v) is 5.22. The van der Waals surface area contributed by atoms with Gasteiger partial charge in [0.25, 0.3) is 0 Å². The first-order valence-electron chi connectivity index (χ1n) is 5.99. The van der Waals surface area contributed by atoms with Crippen molar-refractivity contribution in [1.29, 1.82) is 0 Å². The molecule has 2 rings (SSSR count). The molecule has 3 nitrogen and oxygen atoms in total. The average molecular weight is 319 g/mol. The van der Waals surface area contributed by atoms with Crippen LogP contribution in [0.4, 0.5) is 10.5 Å². The molecule has 0 fully saturated rings.